The van der Waals surface area contributed by atoms with Crippen LogP contribution in [-0.4, -0.2) is 28.0 Å². The van der Waals surface area contributed by atoms with E-state index in [1.807, 2.05) is 12.1 Å². The quantitative estimate of drug-likeness (QED) is 0.881. The summed E-state index contributed by atoms with van der Waals surface area (Å²) in [6, 6.07) is 7.47. The van der Waals surface area contributed by atoms with E-state index in [9.17, 15) is 9.90 Å². The highest BCUT2D eigenvalue weighted by atomic mass is 16.5. The summed E-state index contributed by atoms with van der Waals surface area (Å²) in [6.45, 7) is 4.15. The Kier molecular flexibility index (Phi) is 4.62. The van der Waals surface area contributed by atoms with Crippen LogP contribution in [0.2, 0.25) is 0 Å². The molecule has 2 aromatic rings. The Labute approximate surface area is 124 Å². The predicted molar refractivity (Wildman–Crippen MR) is 80.8 cm³/mol. The molecular weight excluding hydrogens is 268 g/mol. The van der Waals surface area contributed by atoms with Crippen LogP contribution < -0.4 is 4.74 Å². The molecule has 1 heterocycles. The van der Waals surface area contributed by atoms with E-state index in [1.54, 1.807) is 30.1 Å². The number of benzene rings is 1. The second-order valence-electron chi connectivity index (χ2n) is 4.88. The van der Waals surface area contributed by atoms with Gasteiger partial charge in [-0.05, 0) is 37.1 Å². The SMILES string of the molecule is CCC(CC)n1cc(C(=O)O)c(-c2ccc(OC)cc2)n1. The molecule has 5 heteroatoms. The van der Waals surface area contributed by atoms with Gasteiger partial charge in [-0.3, -0.25) is 4.68 Å². The first-order valence-electron chi connectivity index (χ1n) is 7.07. The fourth-order valence-electron chi connectivity index (χ4n) is 2.36. The summed E-state index contributed by atoms with van der Waals surface area (Å²) in [6.07, 6.45) is 3.46. The molecule has 1 N–H and O–H groups in total. The van der Waals surface area contributed by atoms with Crippen LogP contribution in [0, 0.1) is 0 Å². The minimum atomic E-state index is -0.960. The standard InChI is InChI=1S/C16H20N2O3/c1-4-12(5-2)18-10-14(16(19)20)15(17-18)11-6-8-13(21-3)9-7-11/h6-10,12H,4-5H2,1-3H3,(H,19,20). The van der Waals surface area contributed by atoms with Crippen molar-refractivity contribution in [2.75, 3.05) is 7.11 Å². The van der Waals surface area contributed by atoms with E-state index in [4.69, 9.17) is 4.74 Å². The Bertz CT molecular complexity index is 613. The van der Waals surface area contributed by atoms with E-state index < -0.39 is 5.97 Å². The number of hydrogen-bond donors (Lipinski definition) is 1. The maximum Gasteiger partial charge on any atom is 0.339 e. The Hall–Kier alpha value is -2.30. The van der Waals surface area contributed by atoms with Gasteiger partial charge < -0.3 is 9.84 Å². The second-order valence-corrected chi connectivity index (χ2v) is 4.88. The van der Waals surface area contributed by atoms with E-state index >= 15 is 0 Å². The summed E-state index contributed by atoms with van der Waals surface area (Å²) in [5.74, 6) is -0.229. The molecule has 5 nitrogen and oxygen atoms in total. The predicted octanol–water partition coefficient (Wildman–Crippen LogP) is 3.62. The molecule has 2 rings (SSSR count). The van der Waals surface area contributed by atoms with Crippen molar-refractivity contribution in [2.45, 2.75) is 32.7 Å². The first-order chi connectivity index (χ1) is 10.1. The Morgan fingerprint density at radius 1 is 1.29 bits per heavy atom. The molecule has 0 fully saturated rings. The largest absolute Gasteiger partial charge is 0.497 e. The molecule has 0 amide bonds. The molecule has 0 saturated heterocycles. The number of ether oxygens (including phenoxy) is 1. The highest BCUT2D eigenvalue weighted by Crippen LogP contribution is 2.27. The average Bonchev–Trinajstić information content (AvgIpc) is 2.94. The number of carboxylic acid groups (broad SMARTS) is 1. The third-order valence-corrected chi connectivity index (χ3v) is 3.64. The summed E-state index contributed by atoms with van der Waals surface area (Å²) >= 11 is 0. The Balaban J connectivity index is 2.47. The number of carboxylic acids is 1. The average molecular weight is 288 g/mol. The lowest BCUT2D eigenvalue weighted by molar-refractivity contribution is 0.0697. The maximum absolute atomic E-state index is 11.5. The van der Waals surface area contributed by atoms with Crippen molar-refractivity contribution >= 4 is 5.97 Å². The van der Waals surface area contributed by atoms with Crippen LogP contribution in [0.25, 0.3) is 11.3 Å². The lowest BCUT2D eigenvalue weighted by Crippen LogP contribution is -2.07. The maximum atomic E-state index is 11.5. The van der Waals surface area contributed by atoms with Crippen LogP contribution in [0.15, 0.2) is 30.5 Å². The highest BCUT2D eigenvalue weighted by Gasteiger charge is 2.19. The molecule has 21 heavy (non-hydrogen) atoms. The van der Waals surface area contributed by atoms with Crippen LogP contribution in [0.1, 0.15) is 43.1 Å². The zero-order valence-corrected chi connectivity index (χ0v) is 12.5. The summed E-state index contributed by atoms with van der Waals surface area (Å²) in [7, 11) is 1.60. The zero-order valence-electron chi connectivity index (χ0n) is 12.5. The number of hydrogen-bond acceptors (Lipinski definition) is 3. The van der Waals surface area contributed by atoms with Gasteiger partial charge in [-0.25, -0.2) is 4.79 Å². The number of aromatic nitrogens is 2. The normalized spacial score (nSPS) is 10.9. The molecule has 0 spiro atoms. The molecule has 0 saturated carbocycles. The van der Waals surface area contributed by atoms with Gasteiger partial charge >= 0.3 is 5.97 Å². The van der Waals surface area contributed by atoms with Gasteiger partial charge in [0, 0.05) is 11.8 Å². The van der Waals surface area contributed by atoms with Crippen molar-refractivity contribution in [2.24, 2.45) is 0 Å². The number of aromatic carboxylic acids is 1. The monoisotopic (exact) mass is 288 g/mol. The van der Waals surface area contributed by atoms with Gasteiger partial charge in [0.15, 0.2) is 0 Å². The second kappa shape index (κ2) is 6.43. The molecule has 0 bridgehead atoms. The summed E-state index contributed by atoms with van der Waals surface area (Å²) in [5, 5.41) is 13.9. The van der Waals surface area contributed by atoms with Gasteiger partial charge in [-0.2, -0.15) is 5.10 Å². The van der Waals surface area contributed by atoms with Crippen molar-refractivity contribution in [1.82, 2.24) is 9.78 Å². The fourth-order valence-corrected chi connectivity index (χ4v) is 2.36. The van der Waals surface area contributed by atoms with Crippen molar-refractivity contribution in [3.8, 4) is 17.0 Å². The number of nitrogens with zero attached hydrogens (tertiary/aromatic N) is 2. The molecule has 1 aromatic heterocycles. The molecule has 0 aliphatic heterocycles. The molecule has 0 atom stereocenters. The third-order valence-electron chi connectivity index (χ3n) is 3.64. The Morgan fingerprint density at radius 2 is 1.90 bits per heavy atom. The molecule has 0 aliphatic rings. The number of methoxy groups -OCH3 is 1. The van der Waals surface area contributed by atoms with E-state index in [0.29, 0.717) is 5.69 Å². The summed E-state index contributed by atoms with van der Waals surface area (Å²) in [4.78, 5) is 11.5. The van der Waals surface area contributed by atoms with Crippen LogP contribution in [0.3, 0.4) is 0 Å². The summed E-state index contributed by atoms with van der Waals surface area (Å²) in [5.41, 5.74) is 1.50. The molecule has 0 unspecified atom stereocenters. The van der Waals surface area contributed by atoms with Crippen molar-refractivity contribution in [1.29, 1.82) is 0 Å². The van der Waals surface area contributed by atoms with Crippen LogP contribution >= 0.6 is 0 Å². The number of rotatable bonds is 6. The van der Waals surface area contributed by atoms with Crippen molar-refractivity contribution in [3.05, 3.63) is 36.0 Å². The smallest absolute Gasteiger partial charge is 0.339 e. The topological polar surface area (TPSA) is 64.4 Å². The highest BCUT2D eigenvalue weighted by molar-refractivity contribution is 5.94. The first kappa shape index (κ1) is 15.1. The van der Waals surface area contributed by atoms with Gasteiger partial charge in [0.2, 0.25) is 0 Å². The lowest BCUT2D eigenvalue weighted by Gasteiger charge is -2.12. The minimum Gasteiger partial charge on any atom is -0.497 e. The van der Waals surface area contributed by atoms with E-state index in [1.165, 1.54) is 0 Å². The van der Waals surface area contributed by atoms with Crippen LogP contribution in [0.5, 0.6) is 5.75 Å². The van der Waals surface area contributed by atoms with E-state index in [0.717, 1.165) is 24.2 Å². The van der Waals surface area contributed by atoms with Gasteiger partial charge in [-0.1, -0.05) is 13.8 Å². The molecule has 1 aromatic carbocycles. The Morgan fingerprint density at radius 3 is 2.38 bits per heavy atom. The first-order valence-corrected chi connectivity index (χ1v) is 7.07. The van der Waals surface area contributed by atoms with Crippen LogP contribution in [-0.2, 0) is 0 Å². The summed E-state index contributed by atoms with van der Waals surface area (Å²) < 4.78 is 6.89. The minimum absolute atomic E-state index is 0.218. The third kappa shape index (κ3) is 3.07. The van der Waals surface area contributed by atoms with E-state index in [-0.39, 0.29) is 11.6 Å². The zero-order chi connectivity index (χ0) is 15.4. The van der Waals surface area contributed by atoms with Gasteiger partial charge in [0.05, 0.1) is 13.2 Å². The molecular formula is C16H20N2O3. The molecule has 0 radical (unpaired) electrons. The van der Waals surface area contributed by atoms with E-state index in [2.05, 4.69) is 18.9 Å². The van der Waals surface area contributed by atoms with Gasteiger partial charge in [0.1, 0.15) is 17.0 Å². The van der Waals surface area contributed by atoms with Crippen molar-refractivity contribution in [3.63, 3.8) is 0 Å². The fraction of sp³-hybridized carbons (Fsp3) is 0.375. The van der Waals surface area contributed by atoms with Crippen LogP contribution in [0.4, 0.5) is 0 Å². The number of carbonyl (C=O) groups is 1. The van der Waals surface area contributed by atoms with Gasteiger partial charge in [0.25, 0.3) is 0 Å². The molecule has 112 valence electrons. The van der Waals surface area contributed by atoms with Crippen molar-refractivity contribution < 1.29 is 14.6 Å². The van der Waals surface area contributed by atoms with Gasteiger partial charge in [-0.15, -0.1) is 0 Å². The lowest BCUT2D eigenvalue weighted by atomic mass is 10.1. The molecule has 0 aliphatic carbocycles.